The van der Waals surface area contributed by atoms with Crippen molar-refractivity contribution in [2.75, 3.05) is 10.8 Å². The molecule has 9 heteroatoms. The van der Waals surface area contributed by atoms with Crippen molar-refractivity contribution in [2.45, 2.75) is 64.6 Å². The van der Waals surface area contributed by atoms with E-state index < -0.39 is 34.1 Å². The van der Waals surface area contributed by atoms with Crippen molar-refractivity contribution < 1.29 is 18.0 Å². The predicted molar refractivity (Wildman–Crippen MR) is 156 cm³/mol. The summed E-state index contributed by atoms with van der Waals surface area (Å²) in [6.07, 6.45) is 0. The zero-order valence-corrected chi connectivity index (χ0v) is 24.8. The molecule has 0 spiro atoms. The summed E-state index contributed by atoms with van der Waals surface area (Å²) >= 11 is 6.05. The van der Waals surface area contributed by atoms with Gasteiger partial charge in [0, 0.05) is 17.1 Å². The molecule has 0 aliphatic heterocycles. The molecule has 1 N–H and O–H groups in total. The van der Waals surface area contributed by atoms with Crippen LogP contribution in [0.15, 0.2) is 77.7 Å². The Balaban J connectivity index is 2.04. The monoisotopic (exact) mass is 569 g/mol. The summed E-state index contributed by atoms with van der Waals surface area (Å²) in [5, 5.41) is 3.46. The number of hydrogen-bond donors (Lipinski definition) is 1. The molecule has 0 radical (unpaired) electrons. The Morgan fingerprint density at radius 3 is 2.10 bits per heavy atom. The van der Waals surface area contributed by atoms with Gasteiger partial charge in [-0.15, -0.1) is 0 Å². The molecule has 0 aliphatic carbocycles. The molecule has 39 heavy (non-hydrogen) atoms. The molecular formula is C30H36ClN3O4S. The zero-order valence-electron chi connectivity index (χ0n) is 23.2. The highest BCUT2D eigenvalue weighted by atomic mass is 35.5. The number of carbonyl (C=O) groups excluding carboxylic acids is 2. The molecule has 0 unspecified atom stereocenters. The summed E-state index contributed by atoms with van der Waals surface area (Å²) < 4.78 is 28.8. The highest BCUT2D eigenvalue weighted by Gasteiger charge is 2.33. The molecule has 0 fully saturated rings. The number of nitrogens with zero attached hydrogens (tertiary/aromatic N) is 2. The van der Waals surface area contributed by atoms with Crippen molar-refractivity contribution >= 4 is 39.1 Å². The number of carbonyl (C=O) groups is 2. The number of hydrogen-bond acceptors (Lipinski definition) is 4. The third-order valence-electron chi connectivity index (χ3n) is 6.32. The summed E-state index contributed by atoms with van der Waals surface area (Å²) in [7, 11) is -4.10. The van der Waals surface area contributed by atoms with Gasteiger partial charge in [0.05, 0.1) is 10.6 Å². The van der Waals surface area contributed by atoms with E-state index in [1.807, 2.05) is 40.7 Å². The third kappa shape index (κ3) is 7.83. The Morgan fingerprint density at radius 1 is 0.923 bits per heavy atom. The second-order valence-electron chi connectivity index (χ2n) is 10.7. The van der Waals surface area contributed by atoms with Crippen molar-refractivity contribution in [2.24, 2.45) is 0 Å². The molecule has 0 saturated heterocycles. The van der Waals surface area contributed by atoms with Crippen molar-refractivity contribution in [3.05, 3.63) is 94.5 Å². The average molecular weight is 570 g/mol. The van der Waals surface area contributed by atoms with Crippen LogP contribution in [0.25, 0.3) is 0 Å². The molecule has 3 rings (SSSR count). The van der Waals surface area contributed by atoms with Gasteiger partial charge in [-0.05, 0) is 94.6 Å². The van der Waals surface area contributed by atoms with Gasteiger partial charge >= 0.3 is 0 Å². The lowest BCUT2D eigenvalue weighted by Crippen LogP contribution is -2.54. The number of amides is 2. The molecule has 0 heterocycles. The van der Waals surface area contributed by atoms with E-state index in [1.54, 1.807) is 61.5 Å². The molecule has 3 aromatic rings. The van der Waals surface area contributed by atoms with E-state index in [4.69, 9.17) is 11.6 Å². The van der Waals surface area contributed by atoms with Crippen LogP contribution in [0, 0.1) is 13.8 Å². The second kappa shape index (κ2) is 12.2. The Labute approximate surface area is 236 Å². The van der Waals surface area contributed by atoms with Gasteiger partial charge in [-0.2, -0.15) is 0 Å². The van der Waals surface area contributed by atoms with Gasteiger partial charge in [0.25, 0.3) is 10.0 Å². The van der Waals surface area contributed by atoms with E-state index >= 15 is 0 Å². The number of aryl methyl sites for hydroxylation is 2. The van der Waals surface area contributed by atoms with Crippen LogP contribution in [0.2, 0.25) is 5.02 Å². The normalized spacial score (nSPS) is 12.5. The lowest BCUT2D eigenvalue weighted by Gasteiger charge is -2.33. The topological polar surface area (TPSA) is 86.8 Å². The number of anilines is 1. The Bertz CT molecular complexity index is 1420. The van der Waals surface area contributed by atoms with Crippen LogP contribution < -0.4 is 9.62 Å². The van der Waals surface area contributed by atoms with Gasteiger partial charge in [0.1, 0.15) is 12.6 Å². The summed E-state index contributed by atoms with van der Waals surface area (Å²) in [6, 6.07) is 19.4. The largest absolute Gasteiger partial charge is 0.350 e. The SMILES string of the molecule is Cc1ccc(N(CC(=O)N(Cc2ccc(Cl)cc2)[C@H](C)C(=O)NC(C)(C)C)S(=O)(=O)c2ccccc2)cc1C. The molecule has 0 aromatic heterocycles. The van der Waals surface area contributed by atoms with Gasteiger partial charge in [-0.3, -0.25) is 13.9 Å². The van der Waals surface area contributed by atoms with E-state index in [0.717, 1.165) is 21.0 Å². The summed E-state index contributed by atoms with van der Waals surface area (Å²) in [5.74, 6) is -0.854. The van der Waals surface area contributed by atoms with Crippen LogP contribution >= 0.6 is 11.6 Å². The number of rotatable bonds is 9. The Morgan fingerprint density at radius 2 is 1.54 bits per heavy atom. The van der Waals surface area contributed by atoms with Crippen molar-refractivity contribution in [1.29, 1.82) is 0 Å². The van der Waals surface area contributed by atoms with Crippen molar-refractivity contribution in [3.8, 4) is 0 Å². The highest BCUT2D eigenvalue weighted by molar-refractivity contribution is 7.92. The summed E-state index contributed by atoms with van der Waals surface area (Å²) in [6.45, 7) is 10.6. The standard InChI is InChI=1S/C30H36ClN3O4S/c1-21-12-17-26(18-22(21)2)34(39(37,38)27-10-8-7-9-11-27)20-28(35)33(19-24-13-15-25(31)16-14-24)23(3)29(36)32-30(4,5)6/h7-18,23H,19-20H2,1-6H3,(H,32,36)/t23-/m1/s1. The van der Waals surface area contributed by atoms with Crippen LogP contribution in [0.1, 0.15) is 44.4 Å². The summed E-state index contributed by atoms with van der Waals surface area (Å²) in [5.41, 5.74) is 2.51. The highest BCUT2D eigenvalue weighted by Crippen LogP contribution is 2.26. The number of sulfonamides is 1. The maximum atomic E-state index is 14.0. The maximum Gasteiger partial charge on any atom is 0.264 e. The molecule has 0 bridgehead atoms. The van der Waals surface area contributed by atoms with E-state index in [1.165, 1.54) is 17.0 Å². The average Bonchev–Trinajstić information content (AvgIpc) is 2.87. The Kier molecular flexibility index (Phi) is 9.46. The minimum Gasteiger partial charge on any atom is -0.350 e. The summed E-state index contributed by atoms with van der Waals surface area (Å²) in [4.78, 5) is 28.6. The van der Waals surface area contributed by atoms with Crippen molar-refractivity contribution in [3.63, 3.8) is 0 Å². The van der Waals surface area contributed by atoms with Gasteiger partial charge < -0.3 is 10.2 Å². The minimum absolute atomic E-state index is 0.0683. The van der Waals surface area contributed by atoms with Crippen LogP contribution in [0.5, 0.6) is 0 Å². The van der Waals surface area contributed by atoms with Gasteiger partial charge in [-0.1, -0.05) is 48.0 Å². The fraction of sp³-hybridized carbons (Fsp3) is 0.333. The van der Waals surface area contributed by atoms with E-state index in [9.17, 15) is 18.0 Å². The first kappa shape index (κ1) is 30.2. The molecular weight excluding hydrogens is 534 g/mol. The smallest absolute Gasteiger partial charge is 0.264 e. The fourth-order valence-corrected chi connectivity index (χ4v) is 5.53. The van der Waals surface area contributed by atoms with Crippen LogP contribution in [0.3, 0.4) is 0 Å². The number of nitrogens with one attached hydrogen (secondary N) is 1. The van der Waals surface area contributed by atoms with E-state index in [2.05, 4.69) is 5.32 Å². The zero-order chi connectivity index (χ0) is 29.0. The molecule has 1 atom stereocenters. The molecule has 0 saturated carbocycles. The van der Waals surface area contributed by atoms with Gasteiger partial charge in [0.2, 0.25) is 11.8 Å². The van der Waals surface area contributed by atoms with Gasteiger partial charge in [0.15, 0.2) is 0 Å². The lowest BCUT2D eigenvalue weighted by molar-refractivity contribution is -0.140. The van der Waals surface area contributed by atoms with E-state index in [-0.39, 0.29) is 17.3 Å². The van der Waals surface area contributed by atoms with E-state index in [0.29, 0.717) is 10.7 Å². The molecule has 7 nitrogen and oxygen atoms in total. The number of halogens is 1. The molecule has 2 amide bonds. The quantitative estimate of drug-likeness (QED) is 0.369. The first-order valence-corrected chi connectivity index (χ1v) is 14.5. The fourth-order valence-electron chi connectivity index (χ4n) is 3.97. The Hall–Kier alpha value is -3.36. The van der Waals surface area contributed by atoms with Crippen molar-refractivity contribution in [1.82, 2.24) is 10.2 Å². The van der Waals surface area contributed by atoms with Gasteiger partial charge in [-0.25, -0.2) is 8.42 Å². The predicted octanol–water partition coefficient (Wildman–Crippen LogP) is 5.48. The third-order valence-corrected chi connectivity index (χ3v) is 8.36. The maximum absolute atomic E-state index is 14.0. The lowest BCUT2D eigenvalue weighted by atomic mass is 10.1. The molecule has 3 aromatic carbocycles. The second-order valence-corrected chi connectivity index (χ2v) is 13.0. The van der Waals surface area contributed by atoms with Crippen LogP contribution in [-0.4, -0.2) is 43.3 Å². The first-order valence-electron chi connectivity index (χ1n) is 12.7. The van der Waals surface area contributed by atoms with Crippen LogP contribution in [0.4, 0.5) is 5.69 Å². The number of benzene rings is 3. The van der Waals surface area contributed by atoms with Crippen LogP contribution in [-0.2, 0) is 26.2 Å². The molecule has 0 aliphatic rings. The molecule has 208 valence electrons. The first-order chi connectivity index (χ1) is 18.2. The minimum atomic E-state index is -4.10.